The van der Waals surface area contributed by atoms with E-state index in [9.17, 15) is 28.0 Å². The van der Waals surface area contributed by atoms with E-state index in [4.69, 9.17) is 0 Å². The molecule has 0 aromatic heterocycles. The molecular formula is C19H12F3N3O4. The number of nitrogens with zero attached hydrogens (tertiary/aromatic N) is 1. The lowest BCUT2D eigenvalue weighted by Crippen LogP contribution is -2.13. The first kappa shape index (κ1) is 18.5. The van der Waals surface area contributed by atoms with Crippen molar-refractivity contribution in [3.8, 4) is 0 Å². The summed E-state index contributed by atoms with van der Waals surface area (Å²) in [7, 11) is 1.22. The van der Waals surface area contributed by atoms with Gasteiger partial charge in [0.15, 0.2) is 0 Å². The zero-order valence-corrected chi connectivity index (χ0v) is 14.7. The molecule has 2 aliphatic heterocycles. The van der Waals surface area contributed by atoms with Gasteiger partial charge in [0.1, 0.15) is 5.71 Å². The Labute approximate surface area is 161 Å². The van der Waals surface area contributed by atoms with Gasteiger partial charge in [-0.15, -0.1) is 0 Å². The van der Waals surface area contributed by atoms with Crippen LogP contribution in [-0.2, 0) is 15.7 Å². The van der Waals surface area contributed by atoms with Crippen LogP contribution >= 0.6 is 0 Å². The third kappa shape index (κ3) is 2.80. The number of hydrogen-bond acceptors (Lipinski definition) is 6. The molecule has 7 nitrogen and oxygen atoms in total. The Morgan fingerprint density at radius 3 is 2.55 bits per heavy atom. The highest BCUT2D eigenvalue weighted by Gasteiger charge is 2.41. The van der Waals surface area contributed by atoms with Crippen LogP contribution in [0.5, 0.6) is 0 Å². The van der Waals surface area contributed by atoms with Gasteiger partial charge in [-0.3, -0.25) is 4.79 Å². The largest absolute Gasteiger partial charge is 0.465 e. The molecule has 4 rings (SSSR count). The van der Waals surface area contributed by atoms with Gasteiger partial charge in [-0.1, -0.05) is 17.3 Å². The molecule has 0 fully saturated rings. The van der Waals surface area contributed by atoms with E-state index in [0.717, 1.165) is 6.07 Å². The van der Waals surface area contributed by atoms with Crippen LogP contribution in [0.4, 0.5) is 24.5 Å². The molecule has 3 N–H and O–H groups in total. The number of para-hydroxylation sites is 1. The summed E-state index contributed by atoms with van der Waals surface area (Å²) in [5.74, 6) is -1.38. The smallest absolute Gasteiger partial charge is 0.418 e. The van der Waals surface area contributed by atoms with Crippen molar-refractivity contribution >= 4 is 34.5 Å². The molecule has 0 atom stereocenters. The molecule has 0 aliphatic carbocycles. The standard InChI is InChI=1S/C19H12F3N3O4/c1-29-18(27)8-5-6-9-12(7-8)23-16(15(9)25-28)13-10-3-2-4-11(19(20,21)22)14(10)24-17(13)26/h2-7,23,28H,1H3,(H,24,26)/b16-13-,25-15+. The van der Waals surface area contributed by atoms with Gasteiger partial charge in [0, 0.05) is 16.8 Å². The molecule has 0 spiro atoms. The molecule has 29 heavy (non-hydrogen) atoms. The lowest BCUT2D eigenvalue weighted by atomic mass is 9.99. The first-order chi connectivity index (χ1) is 13.8. The van der Waals surface area contributed by atoms with Crippen LogP contribution in [0.25, 0.3) is 5.57 Å². The van der Waals surface area contributed by atoms with Crippen LogP contribution in [0.1, 0.15) is 27.0 Å². The summed E-state index contributed by atoms with van der Waals surface area (Å²) in [5, 5.41) is 17.8. The van der Waals surface area contributed by atoms with Crippen LogP contribution in [-0.4, -0.2) is 29.9 Å². The van der Waals surface area contributed by atoms with Gasteiger partial charge >= 0.3 is 12.1 Å². The van der Waals surface area contributed by atoms with Crippen molar-refractivity contribution in [3.63, 3.8) is 0 Å². The fraction of sp³-hybridized carbons (Fsp3) is 0.105. The number of benzene rings is 2. The van der Waals surface area contributed by atoms with E-state index >= 15 is 0 Å². The Bertz CT molecular complexity index is 1140. The number of alkyl halides is 3. The number of carbonyl (C=O) groups excluding carboxylic acids is 2. The molecule has 2 heterocycles. The quantitative estimate of drug-likeness (QED) is 0.293. The molecule has 0 saturated carbocycles. The van der Waals surface area contributed by atoms with Crippen LogP contribution in [0.2, 0.25) is 0 Å². The minimum absolute atomic E-state index is 0.0227. The molecule has 0 unspecified atom stereocenters. The van der Waals surface area contributed by atoms with E-state index in [-0.39, 0.29) is 33.8 Å². The number of fused-ring (bicyclic) bond motifs is 2. The Hall–Kier alpha value is -3.82. The molecule has 0 radical (unpaired) electrons. The number of halogens is 3. The second-order valence-corrected chi connectivity index (χ2v) is 6.26. The summed E-state index contributed by atoms with van der Waals surface area (Å²) in [6.45, 7) is 0. The molecule has 2 aromatic rings. The van der Waals surface area contributed by atoms with Gasteiger partial charge in [0.25, 0.3) is 5.91 Å². The summed E-state index contributed by atoms with van der Waals surface area (Å²) < 4.78 is 44.5. The van der Waals surface area contributed by atoms with Gasteiger partial charge in [0.05, 0.1) is 35.2 Å². The number of carbonyl (C=O) groups is 2. The summed E-state index contributed by atoms with van der Waals surface area (Å²) in [4.78, 5) is 24.3. The van der Waals surface area contributed by atoms with Crippen molar-refractivity contribution in [2.45, 2.75) is 6.18 Å². The van der Waals surface area contributed by atoms with E-state index in [0.29, 0.717) is 11.3 Å². The summed E-state index contributed by atoms with van der Waals surface area (Å²) in [6.07, 6.45) is -4.66. The van der Waals surface area contributed by atoms with E-state index in [2.05, 4.69) is 20.5 Å². The van der Waals surface area contributed by atoms with Crippen LogP contribution in [0, 0.1) is 0 Å². The van der Waals surface area contributed by atoms with Crippen molar-refractivity contribution < 1.29 is 32.7 Å². The highest BCUT2D eigenvalue weighted by Crippen LogP contribution is 2.44. The second kappa shape index (κ2) is 6.36. The molecule has 148 valence electrons. The number of amides is 1. The first-order valence-corrected chi connectivity index (χ1v) is 8.24. The maximum atomic E-state index is 13.3. The Balaban J connectivity index is 1.89. The van der Waals surface area contributed by atoms with Crippen molar-refractivity contribution in [2.24, 2.45) is 5.16 Å². The minimum atomic E-state index is -4.66. The highest BCUT2D eigenvalue weighted by atomic mass is 19.4. The number of esters is 1. The lowest BCUT2D eigenvalue weighted by Gasteiger charge is -2.11. The van der Waals surface area contributed by atoms with Gasteiger partial charge < -0.3 is 20.6 Å². The molecule has 2 aliphatic rings. The average molecular weight is 403 g/mol. The number of anilines is 2. The third-order valence-corrected chi connectivity index (χ3v) is 4.65. The molecule has 0 saturated heterocycles. The summed E-state index contributed by atoms with van der Waals surface area (Å²) >= 11 is 0. The van der Waals surface area contributed by atoms with Crippen molar-refractivity contribution in [1.82, 2.24) is 0 Å². The number of hydrogen-bond donors (Lipinski definition) is 3. The van der Waals surface area contributed by atoms with E-state index in [1.165, 1.54) is 37.4 Å². The third-order valence-electron chi connectivity index (χ3n) is 4.65. The van der Waals surface area contributed by atoms with Crippen LogP contribution in [0.3, 0.4) is 0 Å². The monoisotopic (exact) mass is 403 g/mol. The molecule has 2 aromatic carbocycles. The average Bonchev–Trinajstić information content (AvgIpc) is 3.21. The van der Waals surface area contributed by atoms with Gasteiger partial charge in [-0.05, 0) is 24.3 Å². The number of oxime groups is 1. The van der Waals surface area contributed by atoms with Gasteiger partial charge in [-0.25, -0.2) is 4.79 Å². The van der Waals surface area contributed by atoms with Crippen molar-refractivity contribution in [2.75, 3.05) is 17.7 Å². The van der Waals surface area contributed by atoms with E-state index in [1.807, 2.05) is 0 Å². The Kier molecular flexibility index (Phi) is 4.07. The van der Waals surface area contributed by atoms with Gasteiger partial charge in [0.2, 0.25) is 0 Å². The number of allylic oxidation sites excluding steroid dienone is 1. The highest BCUT2D eigenvalue weighted by molar-refractivity contribution is 6.40. The first-order valence-electron chi connectivity index (χ1n) is 8.24. The lowest BCUT2D eigenvalue weighted by molar-refractivity contribution is -0.136. The Morgan fingerprint density at radius 1 is 1.14 bits per heavy atom. The second-order valence-electron chi connectivity index (χ2n) is 6.26. The fourth-order valence-electron chi connectivity index (χ4n) is 3.39. The molecule has 1 amide bonds. The van der Waals surface area contributed by atoms with Gasteiger partial charge in [-0.2, -0.15) is 13.2 Å². The number of rotatable bonds is 1. The van der Waals surface area contributed by atoms with E-state index in [1.54, 1.807) is 0 Å². The predicted molar refractivity (Wildman–Crippen MR) is 96.7 cm³/mol. The number of methoxy groups -OCH3 is 1. The maximum Gasteiger partial charge on any atom is 0.418 e. The zero-order chi connectivity index (χ0) is 20.9. The summed E-state index contributed by atoms with van der Waals surface area (Å²) in [5.41, 5.74) is -0.510. The van der Waals surface area contributed by atoms with Crippen molar-refractivity contribution in [1.29, 1.82) is 0 Å². The molecule has 10 heteroatoms. The molecular weight excluding hydrogens is 391 g/mol. The Morgan fingerprint density at radius 2 is 1.90 bits per heavy atom. The topological polar surface area (TPSA) is 100 Å². The SMILES string of the molecule is COC(=O)c1ccc2c(c1)NC(=C1\C(=O)Nc3c1cccc3C(F)(F)F)/C2=N/O. The predicted octanol–water partition coefficient (Wildman–Crippen LogP) is 3.46. The van der Waals surface area contributed by atoms with Crippen LogP contribution in [0.15, 0.2) is 47.3 Å². The fourth-order valence-corrected chi connectivity index (χ4v) is 3.39. The maximum absolute atomic E-state index is 13.3. The molecule has 0 bridgehead atoms. The van der Waals surface area contributed by atoms with Crippen molar-refractivity contribution in [3.05, 3.63) is 64.3 Å². The minimum Gasteiger partial charge on any atom is -0.465 e. The summed E-state index contributed by atoms with van der Waals surface area (Å²) in [6, 6.07) is 7.78. The zero-order valence-electron chi connectivity index (χ0n) is 14.7. The van der Waals surface area contributed by atoms with E-state index < -0.39 is 23.6 Å². The number of ether oxygens (including phenoxy) is 1. The normalized spacial score (nSPS) is 18.9. The van der Waals surface area contributed by atoms with Crippen LogP contribution < -0.4 is 10.6 Å². The number of nitrogens with one attached hydrogen (secondary N) is 2.